The van der Waals surface area contributed by atoms with Crippen molar-refractivity contribution in [1.29, 1.82) is 0 Å². The predicted molar refractivity (Wildman–Crippen MR) is 88.6 cm³/mol. The van der Waals surface area contributed by atoms with Crippen LogP contribution in [0.5, 0.6) is 0 Å². The maximum Gasteiger partial charge on any atom is 0.220 e. The minimum atomic E-state index is -0.340. The number of rotatable bonds is 6. The molecular weight excluding hydrogens is 274 g/mol. The number of carbonyl (C=O) groups excluding carboxylic acids is 1. The van der Waals surface area contributed by atoms with Crippen LogP contribution in [0.1, 0.15) is 34.7 Å². The van der Waals surface area contributed by atoms with E-state index in [9.17, 15) is 9.90 Å². The standard InChI is InChI=1S/C19H23NO2/c1-14-10-15(2)12-16(11-14)8-9-19(22)20-18(13-21)17-6-4-3-5-7-17/h3-7,10-12,18,21H,8-9,13H2,1-2H3,(H,20,22)/t18-/m0/s1. The van der Waals surface area contributed by atoms with Crippen LogP contribution in [0.4, 0.5) is 0 Å². The third kappa shape index (κ3) is 4.71. The average Bonchev–Trinajstić information content (AvgIpc) is 2.50. The number of nitrogens with one attached hydrogen (secondary N) is 1. The minimum Gasteiger partial charge on any atom is -0.394 e. The van der Waals surface area contributed by atoms with E-state index < -0.39 is 0 Å². The molecule has 0 fully saturated rings. The Labute approximate surface area is 132 Å². The lowest BCUT2D eigenvalue weighted by Crippen LogP contribution is -2.30. The fraction of sp³-hybridized carbons (Fsp3) is 0.316. The molecule has 2 N–H and O–H groups in total. The molecule has 0 saturated heterocycles. The Balaban J connectivity index is 1.92. The van der Waals surface area contributed by atoms with Crippen molar-refractivity contribution in [2.24, 2.45) is 0 Å². The number of hydrogen-bond donors (Lipinski definition) is 2. The first-order valence-corrected chi connectivity index (χ1v) is 7.61. The number of aliphatic hydroxyl groups excluding tert-OH is 1. The molecular formula is C19H23NO2. The van der Waals surface area contributed by atoms with Gasteiger partial charge in [0.1, 0.15) is 0 Å². The van der Waals surface area contributed by atoms with Crippen LogP contribution in [0.2, 0.25) is 0 Å². The highest BCUT2D eigenvalue weighted by Gasteiger charge is 2.13. The van der Waals surface area contributed by atoms with Crippen molar-refractivity contribution < 1.29 is 9.90 Å². The molecule has 0 radical (unpaired) electrons. The molecule has 0 unspecified atom stereocenters. The molecule has 0 aliphatic heterocycles. The second-order valence-corrected chi connectivity index (χ2v) is 5.71. The normalized spacial score (nSPS) is 12.0. The topological polar surface area (TPSA) is 49.3 Å². The molecule has 3 heteroatoms. The van der Waals surface area contributed by atoms with E-state index in [0.717, 1.165) is 5.56 Å². The van der Waals surface area contributed by atoms with Crippen molar-refractivity contribution in [2.75, 3.05) is 6.61 Å². The van der Waals surface area contributed by atoms with E-state index in [4.69, 9.17) is 0 Å². The lowest BCUT2D eigenvalue weighted by molar-refractivity contribution is -0.122. The Hall–Kier alpha value is -2.13. The van der Waals surface area contributed by atoms with Gasteiger partial charge in [-0.1, -0.05) is 59.7 Å². The minimum absolute atomic E-state index is 0.0398. The van der Waals surface area contributed by atoms with Crippen molar-refractivity contribution in [3.05, 3.63) is 70.8 Å². The van der Waals surface area contributed by atoms with Crippen LogP contribution in [0.25, 0.3) is 0 Å². The van der Waals surface area contributed by atoms with Crippen LogP contribution in [0.15, 0.2) is 48.5 Å². The van der Waals surface area contributed by atoms with Crippen LogP contribution in [-0.4, -0.2) is 17.6 Å². The monoisotopic (exact) mass is 297 g/mol. The molecule has 0 heterocycles. The quantitative estimate of drug-likeness (QED) is 0.861. The van der Waals surface area contributed by atoms with Crippen molar-refractivity contribution in [3.8, 4) is 0 Å². The van der Waals surface area contributed by atoms with Gasteiger partial charge in [-0.3, -0.25) is 4.79 Å². The Morgan fingerprint density at radius 2 is 1.73 bits per heavy atom. The van der Waals surface area contributed by atoms with Gasteiger partial charge in [0, 0.05) is 6.42 Å². The first-order chi connectivity index (χ1) is 10.6. The Kier molecular flexibility index (Phi) is 5.73. The zero-order valence-electron chi connectivity index (χ0n) is 13.2. The van der Waals surface area contributed by atoms with E-state index in [1.807, 2.05) is 30.3 Å². The molecule has 22 heavy (non-hydrogen) atoms. The molecule has 0 aliphatic carbocycles. The molecule has 3 nitrogen and oxygen atoms in total. The van der Waals surface area contributed by atoms with Crippen molar-refractivity contribution in [3.63, 3.8) is 0 Å². The lowest BCUT2D eigenvalue weighted by Gasteiger charge is -2.16. The average molecular weight is 297 g/mol. The summed E-state index contributed by atoms with van der Waals surface area (Å²) >= 11 is 0. The summed E-state index contributed by atoms with van der Waals surface area (Å²) < 4.78 is 0. The summed E-state index contributed by atoms with van der Waals surface area (Å²) in [4.78, 5) is 12.1. The number of carbonyl (C=O) groups is 1. The third-order valence-electron chi connectivity index (χ3n) is 3.64. The predicted octanol–water partition coefficient (Wildman–Crippen LogP) is 3.09. The molecule has 2 rings (SSSR count). The number of amides is 1. The molecule has 2 aromatic rings. The van der Waals surface area contributed by atoms with Gasteiger partial charge in [0.25, 0.3) is 0 Å². The Morgan fingerprint density at radius 3 is 2.32 bits per heavy atom. The molecule has 0 aromatic heterocycles. The largest absolute Gasteiger partial charge is 0.394 e. The zero-order chi connectivity index (χ0) is 15.9. The maximum atomic E-state index is 12.1. The molecule has 2 aromatic carbocycles. The van der Waals surface area contributed by atoms with Crippen molar-refractivity contribution >= 4 is 5.91 Å². The summed E-state index contributed by atoms with van der Waals surface area (Å²) in [5.74, 6) is -0.0398. The first kappa shape index (κ1) is 16.2. The Bertz CT molecular complexity index is 602. The second kappa shape index (κ2) is 7.76. The summed E-state index contributed by atoms with van der Waals surface area (Å²) in [5, 5.41) is 12.4. The molecule has 1 atom stereocenters. The van der Waals surface area contributed by atoms with E-state index in [2.05, 4.69) is 37.4 Å². The number of hydrogen-bond acceptors (Lipinski definition) is 2. The van der Waals surface area contributed by atoms with E-state index >= 15 is 0 Å². The summed E-state index contributed by atoms with van der Waals surface area (Å²) in [5.41, 5.74) is 4.53. The van der Waals surface area contributed by atoms with Crippen LogP contribution >= 0.6 is 0 Å². The summed E-state index contributed by atoms with van der Waals surface area (Å²) in [7, 11) is 0. The highest BCUT2D eigenvalue weighted by molar-refractivity contribution is 5.76. The molecule has 0 saturated carbocycles. The first-order valence-electron chi connectivity index (χ1n) is 7.61. The van der Waals surface area contributed by atoms with E-state index in [0.29, 0.717) is 12.8 Å². The number of aryl methyl sites for hydroxylation is 3. The van der Waals surface area contributed by atoms with E-state index in [1.165, 1.54) is 16.7 Å². The summed E-state index contributed by atoms with van der Waals surface area (Å²) in [6, 6.07) is 15.5. The van der Waals surface area contributed by atoms with Crippen molar-refractivity contribution in [2.45, 2.75) is 32.7 Å². The highest BCUT2D eigenvalue weighted by atomic mass is 16.3. The maximum absolute atomic E-state index is 12.1. The van der Waals surface area contributed by atoms with Gasteiger partial charge < -0.3 is 10.4 Å². The summed E-state index contributed by atoms with van der Waals surface area (Å²) in [6.07, 6.45) is 1.13. The van der Waals surface area contributed by atoms with Gasteiger partial charge >= 0.3 is 0 Å². The van der Waals surface area contributed by atoms with Crippen LogP contribution in [0, 0.1) is 13.8 Å². The zero-order valence-corrected chi connectivity index (χ0v) is 13.2. The summed E-state index contributed by atoms with van der Waals surface area (Å²) in [6.45, 7) is 4.03. The lowest BCUT2D eigenvalue weighted by atomic mass is 10.0. The fourth-order valence-electron chi connectivity index (χ4n) is 2.66. The van der Waals surface area contributed by atoms with Gasteiger partial charge in [0.15, 0.2) is 0 Å². The third-order valence-corrected chi connectivity index (χ3v) is 3.64. The van der Waals surface area contributed by atoms with Gasteiger partial charge in [-0.25, -0.2) is 0 Å². The van der Waals surface area contributed by atoms with Crippen LogP contribution < -0.4 is 5.32 Å². The van der Waals surface area contributed by atoms with Crippen molar-refractivity contribution in [1.82, 2.24) is 5.32 Å². The SMILES string of the molecule is Cc1cc(C)cc(CCC(=O)N[C@@H](CO)c2ccccc2)c1. The van der Waals surface area contributed by atoms with Gasteiger partial charge in [-0.05, 0) is 31.4 Å². The molecule has 0 spiro atoms. The van der Waals surface area contributed by atoms with E-state index in [1.54, 1.807) is 0 Å². The fourth-order valence-corrected chi connectivity index (χ4v) is 2.66. The van der Waals surface area contributed by atoms with Gasteiger partial charge in [-0.2, -0.15) is 0 Å². The smallest absolute Gasteiger partial charge is 0.220 e. The van der Waals surface area contributed by atoms with Crippen LogP contribution in [0.3, 0.4) is 0 Å². The molecule has 1 amide bonds. The second-order valence-electron chi connectivity index (χ2n) is 5.71. The van der Waals surface area contributed by atoms with Gasteiger partial charge in [0.05, 0.1) is 12.6 Å². The highest BCUT2D eigenvalue weighted by Crippen LogP contribution is 2.13. The number of benzene rings is 2. The van der Waals surface area contributed by atoms with Gasteiger partial charge in [0.2, 0.25) is 5.91 Å². The number of aliphatic hydroxyl groups is 1. The molecule has 116 valence electrons. The molecule has 0 bridgehead atoms. The van der Waals surface area contributed by atoms with Crippen LogP contribution in [-0.2, 0) is 11.2 Å². The van der Waals surface area contributed by atoms with Gasteiger partial charge in [-0.15, -0.1) is 0 Å². The molecule has 0 aliphatic rings. The van der Waals surface area contributed by atoms with E-state index in [-0.39, 0.29) is 18.6 Å². The Morgan fingerprint density at radius 1 is 1.09 bits per heavy atom.